The topological polar surface area (TPSA) is 71.4 Å². The molecule has 1 aliphatic carbocycles. The first-order valence-corrected chi connectivity index (χ1v) is 13.8. The van der Waals surface area contributed by atoms with Crippen molar-refractivity contribution in [2.45, 2.75) is 39.3 Å². The van der Waals surface area contributed by atoms with E-state index in [1.54, 1.807) is 0 Å². The molecular weight excluding hydrogens is 780 g/mol. The van der Waals surface area contributed by atoms with Crippen LogP contribution in [0.15, 0.2) is 16.7 Å². The van der Waals surface area contributed by atoms with Crippen LogP contribution in [0.2, 0.25) is 0 Å². The molecule has 1 saturated carbocycles. The lowest BCUT2D eigenvalue weighted by atomic mass is 9.93. The zero-order chi connectivity index (χ0) is 41.5. The molecule has 3 aromatic rings. The molecule has 0 aromatic heterocycles. The molecule has 1 aliphatic rings. The van der Waals surface area contributed by atoms with E-state index in [1.807, 2.05) is 0 Å². The van der Waals surface area contributed by atoms with E-state index >= 15 is 17.6 Å². The van der Waals surface area contributed by atoms with Crippen LogP contribution in [0.25, 0.3) is 16.7 Å². The highest BCUT2D eigenvalue weighted by atomic mass is 19.4. The summed E-state index contributed by atoms with van der Waals surface area (Å²) >= 11 is 0. The fraction of sp³-hybridized carbons (Fsp3) is 0.182. The maximum absolute atomic E-state index is 15.4. The minimum Gasteiger partial charge on any atom is -0.206 e. The van der Waals surface area contributed by atoms with E-state index in [1.165, 1.54) is 0 Å². The van der Waals surface area contributed by atoms with Gasteiger partial charge >= 0.3 is 18.5 Å². The Hall–Kier alpha value is -5.91. The molecule has 21 heteroatoms. The van der Waals surface area contributed by atoms with E-state index in [-0.39, 0.29) is 6.92 Å². The predicted molar refractivity (Wildman–Crippen MR) is 146 cm³/mol. The minimum atomic E-state index is -6.54. The number of allylic oxidation sites excluding steroid dienone is 6. The van der Waals surface area contributed by atoms with Crippen LogP contribution < -0.4 is 0 Å². The van der Waals surface area contributed by atoms with Gasteiger partial charge in [-0.1, -0.05) is 0 Å². The molecular formula is C33H9F18N3. The van der Waals surface area contributed by atoms with Crippen LogP contribution in [0.1, 0.15) is 50.1 Å². The molecule has 0 saturated heterocycles. The van der Waals surface area contributed by atoms with Crippen molar-refractivity contribution in [3.8, 4) is 18.2 Å². The van der Waals surface area contributed by atoms with Crippen molar-refractivity contribution in [3.63, 3.8) is 0 Å². The molecule has 0 N–H and O–H groups in total. The van der Waals surface area contributed by atoms with Crippen LogP contribution in [0.5, 0.6) is 0 Å². The Morgan fingerprint density at radius 2 is 0.648 bits per heavy atom. The van der Waals surface area contributed by atoms with Gasteiger partial charge in [0, 0.05) is 44.5 Å². The quantitative estimate of drug-likeness (QED) is 0.151. The lowest BCUT2D eigenvalue weighted by molar-refractivity contribution is -0.150. The van der Waals surface area contributed by atoms with E-state index in [2.05, 4.69) is 0 Å². The molecule has 0 bridgehead atoms. The molecule has 4 rings (SSSR count). The molecule has 0 atom stereocenters. The fourth-order valence-corrected chi connectivity index (χ4v) is 5.56. The van der Waals surface area contributed by atoms with Gasteiger partial charge in [0.25, 0.3) is 0 Å². The van der Waals surface area contributed by atoms with Crippen molar-refractivity contribution in [1.29, 1.82) is 15.8 Å². The first-order valence-electron chi connectivity index (χ1n) is 13.8. The molecule has 0 spiro atoms. The van der Waals surface area contributed by atoms with Gasteiger partial charge in [-0.05, 0) is 26.3 Å². The second-order valence-electron chi connectivity index (χ2n) is 11.0. The summed E-state index contributed by atoms with van der Waals surface area (Å²) < 4.78 is 261. The van der Waals surface area contributed by atoms with Crippen LogP contribution in [0.4, 0.5) is 79.0 Å². The molecule has 3 aromatic carbocycles. The molecule has 282 valence electrons. The van der Waals surface area contributed by atoms with Crippen LogP contribution in [-0.4, -0.2) is 0 Å². The van der Waals surface area contributed by atoms with Crippen LogP contribution in [-0.2, 0) is 18.5 Å². The predicted octanol–water partition coefficient (Wildman–Crippen LogP) is 11.2. The van der Waals surface area contributed by atoms with Gasteiger partial charge < -0.3 is 0 Å². The highest BCUT2D eigenvalue weighted by Crippen LogP contribution is 2.59. The number of hydrogen-bond donors (Lipinski definition) is 0. The van der Waals surface area contributed by atoms with Crippen molar-refractivity contribution in [1.82, 2.24) is 0 Å². The monoisotopic (exact) mass is 789 g/mol. The third-order valence-corrected chi connectivity index (χ3v) is 8.01. The largest absolute Gasteiger partial charge is 0.422 e. The van der Waals surface area contributed by atoms with E-state index in [4.69, 9.17) is 0 Å². The van der Waals surface area contributed by atoms with E-state index in [9.17, 15) is 77.3 Å². The van der Waals surface area contributed by atoms with Gasteiger partial charge in [0.15, 0.2) is 40.7 Å². The number of alkyl halides is 9. The summed E-state index contributed by atoms with van der Waals surface area (Å²) in [5, 5.41) is 29.8. The highest BCUT2D eigenvalue weighted by Gasteiger charge is 2.52. The summed E-state index contributed by atoms with van der Waals surface area (Å²) in [4.78, 5) is 0. The van der Waals surface area contributed by atoms with Crippen molar-refractivity contribution < 1.29 is 79.0 Å². The Morgan fingerprint density at radius 1 is 0.352 bits per heavy atom. The van der Waals surface area contributed by atoms with E-state index in [0.717, 1.165) is 12.1 Å². The number of nitriles is 3. The van der Waals surface area contributed by atoms with Crippen molar-refractivity contribution in [2.24, 2.45) is 0 Å². The standard InChI is InChI=1S/C33H9F18N3/c1-7-13(26(38)24(36)8(2)22(7)34)10(4-52)14-15(11(5-53)17-19(31(43,44)45)23(35)9(3)25(37)27(17)39)16(14)12(6-54)18-20(32(46,47)48)29(41)21(33(49,50)51)30(42)28(18)40/h1-3H3. The summed E-state index contributed by atoms with van der Waals surface area (Å²) in [5.74, 6) is -24.3. The molecule has 0 radical (unpaired) electrons. The maximum Gasteiger partial charge on any atom is 0.422 e. The van der Waals surface area contributed by atoms with Crippen LogP contribution in [0.3, 0.4) is 0 Å². The average Bonchev–Trinajstić information content (AvgIpc) is 3.77. The Balaban J connectivity index is 2.49. The second-order valence-corrected chi connectivity index (χ2v) is 11.0. The molecule has 54 heavy (non-hydrogen) atoms. The number of hydrogen-bond acceptors (Lipinski definition) is 3. The number of halogens is 18. The van der Waals surface area contributed by atoms with E-state index < -0.39 is 154 Å². The third kappa shape index (κ3) is 6.09. The average molecular weight is 789 g/mol. The number of benzene rings is 3. The first kappa shape index (κ1) is 40.9. The Morgan fingerprint density at radius 3 is 1.00 bits per heavy atom. The SMILES string of the molecule is Cc1c(F)c(C)c(C(C#N)=C2C(=C(C#N)c3c(F)c(F)c(C)c(F)c3C(F)(F)F)C2=C(C#N)c2c(F)c(F)c(C(F)(F)F)c(F)c2C(F)(F)F)c(F)c1F. The Labute approximate surface area is 288 Å². The maximum atomic E-state index is 15.4. The molecule has 0 heterocycles. The second kappa shape index (κ2) is 13.2. The zero-order valence-corrected chi connectivity index (χ0v) is 26.1. The van der Waals surface area contributed by atoms with Crippen LogP contribution in [0, 0.1) is 107 Å². The summed E-state index contributed by atoms with van der Waals surface area (Å²) in [6.45, 7) is 1.50. The van der Waals surface area contributed by atoms with Crippen LogP contribution >= 0.6 is 0 Å². The Bertz CT molecular complexity index is 2410. The summed E-state index contributed by atoms with van der Waals surface area (Å²) in [7, 11) is 0. The molecule has 0 amide bonds. The van der Waals surface area contributed by atoms with Gasteiger partial charge in [-0.3, -0.25) is 0 Å². The third-order valence-electron chi connectivity index (χ3n) is 8.01. The fourth-order valence-electron chi connectivity index (χ4n) is 5.56. The van der Waals surface area contributed by atoms with Crippen molar-refractivity contribution >= 4 is 16.7 Å². The Kier molecular flexibility index (Phi) is 9.98. The smallest absolute Gasteiger partial charge is 0.206 e. The number of rotatable bonds is 3. The molecule has 1 fully saturated rings. The van der Waals surface area contributed by atoms with Gasteiger partial charge in [0.1, 0.15) is 46.5 Å². The van der Waals surface area contributed by atoms with Gasteiger partial charge in [0.2, 0.25) is 0 Å². The van der Waals surface area contributed by atoms with Gasteiger partial charge in [-0.2, -0.15) is 55.3 Å². The highest BCUT2D eigenvalue weighted by molar-refractivity contribution is 6.12. The van der Waals surface area contributed by atoms with E-state index in [0.29, 0.717) is 19.9 Å². The summed E-state index contributed by atoms with van der Waals surface area (Å²) in [5.41, 5.74) is -31.8. The number of nitrogens with zero attached hydrogens (tertiary/aromatic N) is 3. The van der Waals surface area contributed by atoms with Gasteiger partial charge in [-0.25, -0.2) is 39.5 Å². The lowest BCUT2D eigenvalue weighted by Gasteiger charge is -2.19. The van der Waals surface area contributed by atoms with Crippen molar-refractivity contribution in [3.05, 3.63) is 119 Å². The van der Waals surface area contributed by atoms with Crippen molar-refractivity contribution in [2.75, 3.05) is 0 Å². The molecule has 0 unspecified atom stereocenters. The lowest BCUT2D eigenvalue weighted by Crippen LogP contribution is -2.22. The summed E-state index contributed by atoms with van der Waals surface area (Å²) in [6.07, 6.45) is -19.1. The zero-order valence-electron chi connectivity index (χ0n) is 26.1. The normalized spacial score (nSPS) is 16.1. The first-order chi connectivity index (χ1) is 24.6. The minimum absolute atomic E-state index is 0.266. The summed E-state index contributed by atoms with van der Waals surface area (Å²) in [6, 6.07) is 2.42. The van der Waals surface area contributed by atoms with Gasteiger partial charge in [-0.15, -0.1) is 0 Å². The van der Waals surface area contributed by atoms with Gasteiger partial charge in [0.05, 0.1) is 16.7 Å². The molecule has 3 nitrogen and oxygen atoms in total. The molecule has 0 aliphatic heterocycles.